The Balaban J connectivity index is 1.07. The van der Waals surface area contributed by atoms with E-state index in [1.54, 1.807) is 115 Å². The van der Waals surface area contributed by atoms with Gasteiger partial charge in [0, 0.05) is 124 Å². The van der Waals surface area contributed by atoms with Gasteiger partial charge in [-0.1, -0.05) is 96.5 Å². The molecule has 6 atom stereocenters. The number of methoxy groups -OCH3 is 2. The molecule has 6 amide bonds. The fourth-order valence-corrected chi connectivity index (χ4v) is 19.9. The molecule has 9 aromatic carbocycles. The molecule has 0 bridgehead atoms. The maximum atomic E-state index is 16.3. The van der Waals surface area contributed by atoms with Crippen molar-refractivity contribution in [2.45, 2.75) is 115 Å². The molecule has 0 spiro atoms. The number of carbonyl (C=O) groups is 6. The lowest BCUT2D eigenvalue weighted by molar-refractivity contribution is -0.128. The first kappa shape index (κ1) is 73.1. The Morgan fingerprint density at radius 1 is 0.385 bits per heavy atom. The number of hydrogen-bond donors (Lipinski definition) is 2. The first-order chi connectivity index (χ1) is 50.2. The number of benzene rings is 9. The molecular formula is C80H88N4O18Si2. The fourth-order valence-electron chi connectivity index (χ4n) is 15.7. The number of imide groups is 2. The van der Waals surface area contributed by atoms with E-state index in [-0.39, 0.29) is 125 Å². The lowest BCUT2D eigenvalue weighted by Crippen LogP contribution is -2.57. The van der Waals surface area contributed by atoms with Crippen LogP contribution in [-0.4, -0.2) is 157 Å². The van der Waals surface area contributed by atoms with Gasteiger partial charge in [0.1, 0.15) is 58.1 Å². The van der Waals surface area contributed by atoms with Gasteiger partial charge in [-0.05, 0) is 138 Å². The van der Waals surface area contributed by atoms with Crippen LogP contribution in [0.25, 0.3) is 43.1 Å². The number of ether oxygens (including phenoxy) is 6. The molecule has 2 aliphatic carbocycles. The number of fused-ring (bicyclic) bond motifs is 2. The molecule has 13 rings (SSSR count). The van der Waals surface area contributed by atoms with Gasteiger partial charge < -0.3 is 65.6 Å². The number of carbonyl (C=O) groups excluding carboxylic acids is 6. The van der Waals surface area contributed by atoms with E-state index in [0.717, 1.165) is 57.7 Å². The Bertz CT molecular complexity index is 4220. The highest BCUT2D eigenvalue weighted by Gasteiger charge is 2.49. The largest absolute Gasteiger partial charge is 0.500 e. The quantitative estimate of drug-likeness (QED) is 0.0200. The molecule has 0 saturated heterocycles. The predicted molar refractivity (Wildman–Crippen MR) is 396 cm³/mol. The van der Waals surface area contributed by atoms with Crippen LogP contribution < -0.4 is 29.6 Å². The third-order valence-corrected chi connectivity index (χ3v) is 26.9. The van der Waals surface area contributed by atoms with Gasteiger partial charge in [0.05, 0.1) is 35.5 Å². The second kappa shape index (κ2) is 30.5. The SMILES string of the molecule is COCC(C(=O)NC1CCCC(C[Si](OC)(OC)OC)C1)N1C(=O)c2cc(Oc3ccc(C)cc3)c3c4c(Oc5ccc(C)cc5)cc5c6c(cc(Oc7ccc(C)cc7)c(c7c(Oc8ccc(C)cc8)cc(c2c37)C1=O)c64)C(=O)N(C(COC)C(=O)NC1CCCC(C[Si](OC)(OC)OC)C1)C5=O. The number of rotatable bonds is 28. The first-order valence-electron chi connectivity index (χ1n) is 35.2. The van der Waals surface area contributed by atoms with Crippen molar-refractivity contribution < 1.29 is 83.7 Å². The van der Waals surface area contributed by atoms with Crippen LogP contribution in [0.4, 0.5) is 0 Å². The maximum Gasteiger partial charge on any atom is 0.500 e. The van der Waals surface area contributed by atoms with E-state index in [0.29, 0.717) is 60.8 Å². The average Bonchev–Trinajstić information content (AvgIpc) is 0.671. The van der Waals surface area contributed by atoms with Crippen molar-refractivity contribution in [2.75, 3.05) is 70.1 Å². The minimum absolute atomic E-state index is 0.00613. The summed E-state index contributed by atoms with van der Waals surface area (Å²) in [5.41, 5.74) is 3.71. The average molecular weight is 1450 g/mol. The smallest absolute Gasteiger partial charge is 0.457 e. The standard InChI is InChI=1S/C80H88N4O18Si2/c1-45-19-27-53(28-20-45)99-63-37-57-67-58(78(88)83(77(57)87)61(41-91-5)75(85)81-51-17-13-15-49(35-51)43-103(93-7,94-8)95-9)39-65(101-55-31-23-47(3)24-32-55)71-72-66(102-56-33-25-48(4)26-34-56)40-60-68-59(38-64(70(74(68)72)69(63)73(67)71)100-54-29-21-46(2)22-30-54)79(89)84(80(60)90)62(42-92-6)76(86)82-52-18-14-16-50(36-52)44-104(96-10,97-11)98-12/h19-34,37-40,49-52,61-62H,13-18,35-36,41-44H2,1-12H3,(H,81,85)(H,82,86). The molecule has 6 unspecified atom stereocenters. The minimum Gasteiger partial charge on any atom is -0.457 e. The highest BCUT2D eigenvalue weighted by molar-refractivity contribution is 6.61. The van der Waals surface area contributed by atoms with Crippen LogP contribution in [0.5, 0.6) is 46.0 Å². The van der Waals surface area contributed by atoms with Crippen molar-refractivity contribution in [3.8, 4) is 46.0 Å². The molecule has 2 heterocycles. The van der Waals surface area contributed by atoms with Gasteiger partial charge >= 0.3 is 17.6 Å². The highest BCUT2D eigenvalue weighted by atomic mass is 28.4. The van der Waals surface area contributed by atoms with Crippen LogP contribution in [0.2, 0.25) is 12.1 Å². The molecule has 9 aromatic rings. The fraction of sp³-hybridized carbons (Fsp3) is 0.375. The summed E-state index contributed by atoms with van der Waals surface area (Å²) in [5.74, 6) is -2.59. The van der Waals surface area contributed by atoms with E-state index in [4.69, 9.17) is 55.0 Å². The van der Waals surface area contributed by atoms with Crippen LogP contribution in [0.3, 0.4) is 0 Å². The third kappa shape index (κ3) is 14.0. The Labute approximate surface area is 606 Å². The molecule has 2 aliphatic heterocycles. The van der Waals surface area contributed by atoms with Crippen molar-refractivity contribution in [3.63, 3.8) is 0 Å². The summed E-state index contributed by atoms with van der Waals surface area (Å²) < 4.78 is 75.2. The van der Waals surface area contributed by atoms with Gasteiger partial charge in [0.15, 0.2) is 0 Å². The molecule has 2 fully saturated rings. The van der Waals surface area contributed by atoms with Gasteiger partial charge in [0.2, 0.25) is 11.8 Å². The molecular weight excluding hydrogens is 1360 g/mol. The van der Waals surface area contributed by atoms with E-state index < -0.39 is 65.1 Å². The Morgan fingerprint density at radius 3 is 0.885 bits per heavy atom. The Hall–Kier alpha value is -9.19. The molecule has 544 valence electrons. The zero-order valence-electron chi connectivity index (χ0n) is 60.7. The van der Waals surface area contributed by atoms with Crippen molar-refractivity contribution in [1.82, 2.24) is 20.4 Å². The Morgan fingerprint density at radius 2 is 0.644 bits per heavy atom. The molecule has 0 radical (unpaired) electrons. The summed E-state index contributed by atoms with van der Waals surface area (Å²) in [4.78, 5) is 97.6. The first-order valence-corrected chi connectivity index (χ1v) is 39.1. The van der Waals surface area contributed by atoms with Gasteiger partial charge in [-0.25, -0.2) is 0 Å². The summed E-state index contributed by atoms with van der Waals surface area (Å²) in [6, 6.07) is 33.0. The number of hydrogen-bond acceptors (Lipinski definition) is 18. The number of aryl methyl sites for hydroxylation is 4. The molecule has 24 heteroatoms. The monoisotopic (exact) mass is 1450 g/mol. The molecule has 0 aromatic heterocycles. The predicted octanol–water partition coefficient (Wildman–Crippen LogP) is 14.5. The van der Waals surface area contributed by atoms with Crippen LogP contribution in [-0.2, 0) is 45.6 Å². The topological polar surface area (TPSA) is 244 Å². The summed E-state index contributed by atoms with van der Waals surface area (Å²) in [6.07, 6.45) is 5.65. The molecule has 4 aliphatic rings. The zero-order chi connectivity index (χ0) is 73.5. The van der Waals surface area contributed by atoms with Crippen molar-refractivity contribution in [1.29, 1.82) is 0 Å². The summed E-state index contributed by atoms with van der Waals surface area (Å²) in [6.45, 7) is 7.04. The minimum atomic E-state index is -3.01. The van der Waals surface area contributed by atoms with Crippen LogP contribution in [0.1, 0.15) is 115 Å². The van der Waals surface area contributed by atoms with Crippen molar-refractivity contribution >= 4 is 96.1 Å². The number of nitrogens with one attached hydrogen (secondary N) is 2. The third-order valence-electron chi connectivity index (χ3n) is 21.0. The normalized spacial score (nSPS) is 18.4. The van der Waals surface area contributed by atoms with Crippen molar-refractivity contribution in [2.24, 2.45) is 11.8 Å². The van der Waals surface area contributed by atoms with E-state index in [1.807, 2.05) is 76.2 Å². The van der Waals surface area contributed by atoms with E-state index in [1.165, 1.54) is 14.2 Å². The van der Waals surface area contributed by atoms with Gasteiger partial charge in [-0.15, -0.1) is 0 Å². The lowest BCUT2D eigenvalue weighted by Gasteiger charge is -2.37. The van der Waals surface area contributed by atoms with E-state index >= 15 is 28.8 Å². The summed E-state index contributed by atoms with van der Waals surface area (Å²) in [7, 11) is 6.23. The Kier molecular flexibility index (Phi) is 21.4. The number of nitrogens with zero attached hydrogens (tertiary/aromatic N) is 2. The summed E-state index contributed by atoms with van der Waals surface area (Å²) >= 11 is 0. The molecule has 104 heavy (non-hydrogen) atoms. The molecule has 2 saturated carbocycles. The lowest BCUT2D eigenvalue weighted by atomic mass is 9.80. The highest BCUT2D eigenvalue weighted by Crippen LogP contribution is 2.58. The van der Waals surface area contributed by atoms with E-state index in [2.05, 4.69) is 10.6 Å². The molecule has 22 nitrogen and oxygen atoms in total. The van der Waals surface area contributed by atoms with Crippen molar-refractivity contribution in [3.05, 3.63) is 166 Å². The van der Waals surface area contributed by atoms with E-state index in [9.17, 15) is 0 Å². The van der Waals surface area contributed by atoms with Crippen LogP contribution in [0.15, 0.2) is 121 Å². The van der Waals surface area contributed by atoms with Gasteiger partial charge in [0.25, 0.3) is 23.6 Å². The number of amides is 6. The van der Waals surface area contributed by atoms with Gasteiger partial charge in [-0.3, -0.25) is 38.6 Å². The second-order valence-corrected chi connectivity index (χ2v) is 33.7. The maximum absolute atomic E-state index is 16.3. The van der Waals surface area contributed by atoms with Crippen LogP contribution in [0, 0.1) is 39.5 Å². The second-order valence-electron chi connectivity index (χ2n) is 27.7. The zero-order valence-corrected chi connectivity index (χ0v) is 62.7. The van der Waals surface area contributed by atoms with Gasteiger partial charge in [-0.2, -0.15) is 0 Å². The summed E-state index contributed by atoms with van der Waals surface area (Å²) in [5, 5.41) is 8.50. The van der Waals surface area contributed by atoms with Crippen LogP contribution >= 0.6 is 0 Å². The molecule has 2 N–H and O–H groups in total.